The maximum absolute atomic E-state index is 6.22. The molecule has 5 heteroatoms. The van der Waals surface area contributed by atoms with Gasteiger partial charge in [0.25, 0.3) is 0 Å². The minimum absolute atomic E-state index is 0.381. The largest absolute Gasteiger partial charge is 0.311 e. The highest BCUT2D eigenvalue weighted by Gasteiger charge is 2.40. The third-order valence-corrected chi connectivity index (χ3v) is 7.30. The minimum atomic E-state index is 0.381. The van der Waals surface area contributed by atoms with E-state index in [1.807, 2.05) is 0 Å². The summed E-state index contributed by atoms with van der Waals surface area (Å²) in [5, 5.41) is 11.8. The molecule has 0 bridgehead atoms. The van der Waals surface area contributed by atoms with Gasteiger partial charge >= 0.3 is 0 Å². The van der Waals surface area contributed by atoms with E-state index in [0.717, 1.165) is 49.6 Å². The molecule has 0 saturated carbocycles. The molecule has 3 atom stereocenters. The molecule has 0 radical (unpaired) electrons. The van der Waals surface area contributed by atoms with Crippen LogP contribution in [0.3, 0.4) is 0 Å². The highest BCUT2D eigenvalue weighted by atomic mass is 35.5. The second-order valence-electron chi connectivity index (χ2n) is 10.6. The van der Waals surface area contributed by atoms with Crippen LogP contribution in [0.2, 0.25) is 0 Å². The molecule has 1 aliphatic heterocycles. The van der Waals surface area contributed by atoms with Gasteiger partial charge in [-0.1, -0.05) is 45.4 Å². The first kappa shape index (κ1) is 25.1. The fourth-order valence-corrected chi connectivity index (χ4v) is 5.40. The summed E-state index contributed by atoms with van der Waals surface area (Å²) < 4.78 is 0. The number of hydrogen-bond acceptors (Lipinski definition) is 4. The molecule has 2 rings (SSSR count). The van der Waals surface area contributed by atoms with Gasteiger partial charge in [-0.2, -0.15) is 0 Å². The van der Waals surface area contributed by atoms with Crippen molar-refractivity contribution in [2.24, 2.45) is 23.2 Å². The second-order valence-corrected chi connectivity index (χ2v) is 11.1. The van der Waals surface area contributed by atoms with Gasteiger partial charge in [0.1, 0.15) is 0 Å². The molecule has 2 aliphatic rings. The summed E-state index contributed by atoms with van der Waals surface area (Å²) in [6.45, 7) is 20.6. The van der Waals surface area contributed by atoms with E-state index in [2.05, 4.69) is 68.5 Å². The molecule has 4 nitrogen and oxygen atoms in total. The van der Waals surface area contributed by atoms with Gasteiger partial charge in [0.2, 0.25) is 0 Å². The van der Waals surface area contributed by atoms with Crippen molar-refractivity contribution in [3.8, 4) is 0 Å². The van der Waals surface area contributed by atoms with Crippen LogP contribution in [0.5, 0.6) is 0 Å². The number of piperidine rings is 1. The van der Waals surface area contributed by atoms with Crippen LogP contribution >= 0.6 is 11.6 Å². The van der Waals surface area contributed by atoms with Gasteiger partial charge in [-0.05, 0) is 69.2 Å². The quantitative estimate of drug-likeness (QED) is 0.338. The molecule has 1 aliphatic carbocycles. The van der Waals surface area contributed by atoms with E-state index in [-0.39, 0.29) is 0 Å². The Hall–Kier alpha value is -0.130. The van der Waals surface area contributed by atoms with E-state index in [9.17, 15) is 0 Å². The number of likely N-dealkylation sites (tertiary alicyclic amines) is 1. The van der Waals surface area contributed by atoms with E-state index in [1.165, 1.54) is 32.4 Å². The van der Waals surface area contributed by atoms with Crippen molar-refractivity contribution in [1.82, 2.24) is 20.9 Å². The number of nitrogens with one attached hydrogen (secondary N) is 3. The predicted octanol–water partition coefficient (Wildman–Crippen LogP) is 4.42. The lowest BCUT2D eigenvalue weighted by atomic mass is 9.65. The number of rotatable bonds is 11. The molecule has 1 fully saturated rings. The van der Waals surface area contributed by atoms with Crippen LogP contribution in [0.15, 0.2) is 11.1 Å². The van der Waals surface area contributed by atoms with Crippen molar-refractivity contribution < 1.29 is 0 Å². The van der Waals surface area contributed by atoms with Gasteiger partial charge in [-0.15, -0.1) is 0 Å². The van der Waals surface area contributed by atoms with Gasteiger partial charge in [0, 0.05) is 50.0 Å². The molecule has 29 heavy (non-hydrogen) atoms. The zero-order valence-corrected chi connectivity index (χ0v) is 20.6. The zero-order chi connectivity index (χ0) is 21.4. The molecule has 3 N–H and O–H groups in total. The van der Waals surface area contributed by atoms with Gasteiger partial charge in [0.15, 0.2) is 0 Å². The Morgan fingerprint density at radius 2 is 1.90 bits per heavy atom. The summed E-state index contributed by atoms with van der Waals surface area (Å²) in [5.74, 6) is 2.29. The van der Waals surface area contributed by atoms with Gasteiger partial charge < -0.3 is 20.9 Å². The highest BCUT2D eigenvalue weighted by Crippen LogP contribution is 2.44. The Bertz CT molecular complexity index is 503. The van der Waals surface area contributed by atoms with Gasteiger partial charge in [-0.3, -0.25) is 0 Å². The van der Waals surface area contributed by atoms with Gasteiger partial charge in [-0.25, -0.2) is 0 Å². The van der Waals surface area contributed by atoms with Crippen LogP contribution in [-0.4, -0.2) is 56.4 Å². The topological polar surface area (TPSA) is 39.3 Å². The molecule has 0 aromatic heterocycles. The lowest BCUT2D eigenvalue weighted by molar-refractivity contribution is 0.0119. The van der Waals surface area contributed by atoms with Crippen LogP contribution in [-0.2, 0) is 0 Å². The average molecular weight is 427 g/mol. The van der Waals surface area contributed by atoms with Crippen LogP contribution < -0.4 is 16.0 Å². The Kier molecular flexibility index (Phi) is 10.4. The molecule has 170 valence electrons. The number of hydrogen-bond donors (Lipinski definition) is 3. The van der Waals surface area contributed by atoms with Crippen molar-refractivity contribution >= 4 is 11.6 Å². The van der Waals surface area contributed by atoms with E-state index in [0.29, 0.717) is 23.4 Å². The Morgan fingerprint density at radius 1 is 1.14 bits per heavy atom. The smallest absolute Gasteiger partial charge is 0.0456 e. The molecule has 0 spiro atoms. The lowest BCUT2D eigenvalue weighted by Crippen LogP contribution is -2.53. The van der Waals surface area contributed by atoms with Crippen molar-refractivity contribution in [1.29, 1.82) is 0 Å². The Balaban J connectivity index is 1.78. The zero-order valence-electron chi connectivity index (χ0n) is 19.9. The van der Waals surface area contributed by atoms with Crippen LogP contribution in [0.4, 0.5) is 0 Å². The van der Waals surface area contributed by atoms with E-state index in [4.69, 9.17) is 11.6 Å². The summed E-state index contributed by atoms with van der Waals surface area (Å²) in [6.07, 6.45) is 7.15. The highest BCUT2D eigenvalue weighted by molar-refractivity contribution is 6.29. The first-order valence-corrected chi connectivity index (χ1v) is 12.3. The molecule has 2 unspecified atom stereocenters. The fraction of sp³-hybridized carbons (Fsp3) is 0.917. The number of halogens is 1. The van der Waals surface area contributed by atoms with Gasteiger partial charge in [0.05, 0.1) is 0 Å². The molecule has 0 aromatic rings. The summed E-state index contributed by atoms with van der Waals surface area (Å²) in [7, 11) is 0. The molecule has 1 saturated heterocycles. The monoisotopic (exact) mass is 426 g/mol. The summed E-state index contributed by atoms with van der Waals surface area (Å²) in [6, 6.07) is 1.09. The minimum Gasteiger partial charge on any atom is -0.311 e. The molecular weight excluding hydrogens is 380 g/mol. The Labute approximate surface area is 185 Å². The summed E-state index contributed by atoms with van der Waals surface area (Å²) in [4.78, 5) is 2.72. The van der Waals surface area contributed by atoms with Crippen LogP contribution in [0.25, 0.3) is 0 Å². The maximum atomic E-state index is 6.22. The third-order valence-electron chi connectivity index (χ3n) is 6.96. The van der Waals surface area contributed by atoms with Crippen LogP contribution in [0.1, 0.15) is 67.2 Å². The summed E-state index contributed by atoms with van der Waals surface area (Å²) >= 11 is 6.22. The second kappa shape index (κ2) is 12.0. The summed E-state index contributed by atoms with van der Waals surface area (Å²) in [5.41, 5.74) is 0.381. The SMILES string of the molecule is CC(C)NCNCCN[C@@H](CN1CCC(C2CC=C(Cl)CC2)C(C)(C)C1)C(C)C. The molecule has 1 heterocycles. The maximum Gasteiger partial charge on any atom is 0.0456 e. The predicted molar refractivity (Wildman–Crippen MR) is 127 cm³/mol. The first-order chi connectivity index (χ1) is 13.7. The average Bonchev–Trinajstić information content (AvgIpc) is 2.63. The number of nitrogens with zero attached hydrogens (tertiary/aromatic N) is 1. The van der Waals surface area contributed by atoms with E-state index in [1.54, 1.807) is 0 Å². The normalized spacial score (nSPS) is 26.7. The first-order valence-electron chi connectivity index (χ1n) is 11.9. The molecule has 0 aromatic carbocycles. The van der Waals surface area contributed by atoms with Crippen molar-refractivity contribution in [2.75, 3.05) is 39.4 Å². The lowest BCUT2D eigenvalue weighted by Gasteiger charge is -2.49. The van der Waals surface area contributed by atoms with E-state index < -0.39 is 0 Å². The fourth-order valence-electron chi connectivity index (χ4n) is 5.20. The molecule has 0 amide bonds. The molecular formula is C24H47ClN4. The number of allylic oxidation sites excluding steroid dienone is 2. The standard InChI is InChI=1S/C24H47ClN4/c1-18(2)23(27-13-12-26-17-28-19(3)4)15-29-14-11-22(24(5,6)16-29)20-7-9-21(25)10-8-20/h9,18-20,22-23,26-28H,7-8,10-17H2,1-6H3/t20?,22?,23-/m0/s1. The van der Waals surface area contributed by atoms with E-state index >= 15 is 0 Å². The van der Waals surface area contributed by atoms with Crippen molar-refractivity contribution in [3.05, 3.63) is 11.1 Å². The van der Waals surface area contributed by atoms with Crippen molar-refractivity contribution in [2.45, 2.75) is 79.3 Å². The Morgan fingerprint density at radius 3 is 2.48 bits per heavy atom. The van der Waals surface area contributed by atoms with Crippen molar-refractivity contribution in [3.63, 3.8) is 0 Å². The third kappa shape index (κ3) is 8.49. The van der Waals surface area contributed by atoms with Crippen LogP contribution in [0, 0.1) is 23.2 Å².